The van der Waals surface area contributed by atoms with Gasteiger partial charge in [-0.1, -0.05) is 30.3 Å². The smallest absolute Gasteiger partial charge is 0.228 e. The number of nitrogens with one attached hydrogen (secondary N) is 1. The molecule has 0 spiro atoms. The van der Waals surface area contributed by atoms with Gasteiger partial charge < -0.3 is 10.2 Å². The number of aryl methyl sites for hydroxylation is 1. The van der Waals surface area contributed by atoms with Gasteiger partial charge in [-0.2, -0.15) is 0 Å². The molecule has 0 bridgehead atoms. The van der Waals surface area contributed by atoms with Crippen LogP contribution >= 0.6 is 0 Å². The average molecular weight is 320 g/mol. The van der Waals surface area contributed by atoms with Gasteiger partial charge in [0.15, 0.2) is 0 Å². The first-order valence-electron chi connectivity index (χ1n) is 8.39. The first-order valence-corrected chi connectivity index (χ1v) is 8.39. The van der Waals surface area contributed by atoms with Crippen LogP contribution in [0.15, 0.2) is 48.5 Å². The maximum absolute atomic E-state index is 12.5. The molecule has 1 aliphatic heterocycles. The molecule has 2 aliphatic rings. The van der Waals surface area contributed by atoms with Gasteiger partial charge in [0, 0.05) is 30.8 Å². The van der Waals surface area contributed by atoms with Crippen LogP contribution in [0.1, 0.15) is 29.9 Å². The molecule has 0 unspecified atom stereocenters. The van der Waals surface area contributed by atoms with E-state index in [-0.39, 0.29) is 17.7 Å². The third-order valence-corrected chi connectivity index (χ3v) is 5.05. The van der Waals surface area contributed by atoms with Crippen molar-refractivity contribution in [3.63, 3.8) is 0 Å². The first kappa shape index (κ1) is 14.9. The SMILES string of the molecule is CN1C(=O)CCc2cc(NC(=O)[C@H]3C[C@H]3c3ccccc3)ccc21. The van der Waals surface area contributed by atoms with Crippen LogP contribution < -0.4 is 10.2 Å². The Bertz CT molecular complexity index is 801. The zero-order chi connectivity index (χ0) is 16.7. The van der Waals surface area contributed by atoms with Gasteiger partial charge >= 0.3 is 0 Å². The van der Waals surface area contributed by atoms with Crippen molar-refractivity contribution in [3.8, 4) is 0 Å². The normalized spacial score (nSPS) is 22.0. The van der Waals surface area contributed by atoms with E-state index in [1.54, 1.807) is 11.9 Å². The van der Waals surface area contributed by atoms with Crippen molar-refractivity contribution in [2.45, 2.75) is 25.2 Å². The second-order valence-electron chi connectivity index (χ2n) is 6.64. The van der Waals surface area contributed by atoms with Gasteiger partial charge in [-0.05, 0) is 48.1 Å². The third kappa shape index (κ3) is 2.68. The fourth-order valence-corrected chi connectivity index (χ4v) is 3.52. The maximum atomic E-state index is 12.5. The summed E-state index contributed by atoms with van der Waals surface area (Å²) < 4.78 is 0. The van der Waals surface area contributed by atoms with E-state index in [1.165, 1.54) is 5.56 Å². The van der Waals surface area contributed by atoms with Gasteiger partial charge in [-0.25, -0.2) is 0 Å². The van der Waals surface area contributed by atoms with Crippen molar-refractivity contribution < 1.29 is 9.59 Å². The molecule has 4 rings (SSSR count). The Hall–Kier alpha value is -2.62. The molecule has 4 nitrogen and oxygen atoms in total. The number of carbonyl (C=O) groups excluding carboxylic acids is 2. The molecule has 0 saturated heterocycles. The number of anilines is 2. The molecule has 4 heteroatoms. The van der Waals surface area contributed by atoms with Crippen molar-refractivity contribution in [2.75, 3.05) is 17.3 Å². The zero-order valence-electron chi connectivity index (χ0n) is 13.7. The molecule has 1 aliphatic carbocycles. The Labute approximate surface area is 141 Å². The Morgan fingerprint density at radius 3 is 2.71 bits per heavy atom. The van der Waals surface area contributed by atoms with Crippen LogP contribution in [0.3, 0.4) is 0 Å². The number of nitrogens with zero attached hydrogens (tertiary/aromatic N) is 1. The summed E-state index contributed by atoms with van der Waals surface area (Å²) in [4.78, 5) is 25.9. The molecule has 1 N–H and O–H groups in total. The summed E-state index contributed by atoms with van der Waals surface area (Å²) in [6.07, 6.45) is 2.18. The zero-order valence-corrected chi connectivity index (χ0v) is 13.7. The molecule has 0 radical (unpaired) electrons. The monoisotopic (exact) mass is 320 g/mol. The topological polar surface area (TPSA) is 49.4 Å². The van der Waals surface area contributed by atoms with Crippen LogP contribution in [0, 0.1) is 5.92 Å². The van der Waals surface area contributed by atoms with Gasteiger partial charge in [-0.15, -0.1) is 0 Å². The summed E-state index contributed by atoms with van der Waals surface area (Å²) in [6, 6.07) is 16.0. The lowest BCUT2D eigenvalue weighted by atomic mass is 10.0. The van der Waals surface area contributed by atoms with E-state index in [0.29, 0.717) is 12.3 Å². The highest BCUT2D eigenvalue weighted by molar-refractivity contribution is 5.98. The molecular weight excluding hydrogens is 300 g/mol. The Kier molecular flexibility index (Phi) is 3.60. The van der Waals surface area contributed by atoms with E-state index in [2.05, 4.69) is 17.4 Å². The molecule has 1 saturated carbocycles. The fraction of sp³-hybridized carbons (Fsp3) is 0.300. The van der Waals surface area contributed by atoms with E-state index >= 15 is 0 Å². The molecule has 24 heavy (non-hydrogen) atoms. The molecule has 2 atom stereocenters. The summed E-state index contributed by atoms with van der Waals surface area (Å²) in [5.74, 6) is 0.632. The maximum Gasteiger partial charge on any atom is 0.228 e. The summed E-state index contributed by atoms with van der Waals surface area (Å²) in [5, 5.41) is 3.04. The minimum absolute atomic E-state index is 0.0627. The minimum atomic E-state index is 0.0627. The number of rotatable bonds is 3. The molecule has 122 valence electrons. The van der Waals surface area contributed by atoms with E-state index in [4.69, 9.17) is 0 Å². The van der Waals surface area contributed by atoms with Crippen LogP contribution in [0.25, 0.3) is 0 Å². The first-order chi connectivity index (χ1) is 11.6. The summed E-state index contributed by atoms with van der Waals surface area (Å²) in [7, 11) is 1.80. The van der Waals surface area contributed by atoms with E-state index < -0.39 is 0 Å². The molecule has 2 aromatic rings. The minimum Gasteiger partial charge on any atom is -0.326 e. The van der Waals surface area contributed by atoms with Crippen molar-refractivity contribution in [1.82, 2.24) is 0 Å². The van der Waals surface area contributed by atoms with Crippen molar-refractivity contribution >= 4 is 23.2 Å². The molecule has 2 amide bonds. The molecule has 0 aromatic heterocycles. The summed E-state index contributed by atoms with van der Waals surface area (Å²) >= 11 is 0. The van der Waals surface area contributed by atoms with Gasteiger partial charge in [0.2, 0.25) is 11.8 Å². The van der Waals surface area contributed by atoms with Crippen LogP contribution in [-0.2, 0) is 16.0 Å². The number of amides is 2. The van der Waals surface area contributed by atoms with E-state index in [9.17, 15) is 9.59 Å². The Balaban J connectivity index is 1.45. The van der Waals surface area contributed by atoms with Gasteiger partial charge in [0.05, 0.1) is 0 Å². The predicted octanol–water partition coefficient (Wildman–Crippen LogP) is 3.34. The Morgan fingerprint density at radius 2 is 1.92 bits per heavy atom. The number of carbonyl (C=O) groups is 2. The van der Waals surface area contributed by atoms with Crippen LogP contribution in [0.4, 0.5) is 11.4 Å². The molecule has 2 aromatic carbocycles. The highest BCUT2D eigenvalue weighted by Gasteiger charge is 2.43. The van der Waals surface area contributed by atoms with Gasteiger partial charge in [-0.3, -0.25) is 9.59 Å². The van der Waals surface area contributed by atoms with Crippen LogP contribution in [0.5, 0.6) is 0 Å². The number of hydrogen-bond acceptors (Lipinski definition) is 2. The third-order valence-electron chi connectivity index (χ3n) is 5.05. The highest BCUT2D eigenvalue weighted by Crippen LogP contribution is 2.48. The van der Waals surface area contributed by atoms with Crippen molar-refractivity contribution in [3.05, 3.63) is 59.7 Å². The molecular formula is C20H20N2O2. The fourth-order valence-electron chi connectivity index (χ4n) is 3.52. The summed E-state index contributed by atoms with van der Waals surface area (Å²) in [6.45, 7) is 0. The van der Waals surface area contributed by atoms with Crippen LogP contribution in [0.2, 0.25) is 0 Å². The van der Waals surface area contributed by atoms with Crippen molar-refractivity contribution in [1.29, 1.82) is 0 Å². The number of hydrogen-bond donors (Lipinski definition) is 1. The summed E-state index contributed by atoms with van der Waals surface area (Å²) in [5.41, 5.74) is 4.12. The van der Waals surface area contributed by atoms with E-state index in [0.717, 1.165) is 29.8 Å². The average Bonchev–Trinajstić information content (AvgIpc) is 3.40. The van der Waals surface area contributed by atoms with Crippen molar-refractivity contribution in [2.24, 2.45) is 5.92 Å². The lowest BCUT2D eigenvalue weighted by Gasteiger charge is -2.26. The second kappa shape index (κ2) is 5.78. The Morgan fingerprint density at radius 1 is 1.12 bits per heavy atom. The van der Waals surface area contributed by atoms with E-state index in [1.807, 2.05) is 36.4 Å². The standard InChI is InChI=1S/C20H20N2O2/c1-22-18-9-8-15(11-14(18)7-10-19(22)23)21-20(24)17-12-16(17)13-5-3-2-4-6-13/h2-6,8-9,11,16-17H,7,10,12H2,1H3,(H,21,24)/t16-,17-/m0/s1. The number of benzene rings is 2. The lowest BCUT2D eigenvalue weighted by Crippen LogP contribution is -2.31. The largest absolute Gasteiger partial charge is 0.326 e. The second-order valence-corrected chi connectivity index (χ2v) is 6.64. The number of fused-ring (bicyclic) bond motifs is 1. The predicted molar refractivity (Wildman–Crippen MR) is 94.1 cm³/mol. The lowest BCUT2D eigenvalue weighted by molar-refractivity contribution is -0.119. The highest BCUT2D eigenvalue weighted by atomic mass is 16.2. The van der Waals surface area contributed by atoms with Gasteiger partial charge in [0.1, 0.15) is 0 Å². The molecule has 1 fully saturated rings. The quantitative estimate of drug-likeness (QED) is 0.943. The molecule has 1 heterocycles. The van der Waals surface area contributed by atoms with Gasteiger partial charge in [0.25, 0.3) is 0 Å². The van der Waals surface area contributed by atoms with Crippen LogP contribution in [-0.4, -0.2) is 18.9 Å².